The van der Waals surface area contributed by atoms with E-state index in [-0.39, 0.29) is 0 Å². The van der Waals surface area contributed by atoms with Gasteiger partial charge in [-0.2, -0.15) is 0 Å². The molecule has 1 aliphatic carbocycles. The van der Waals surface area contributed by atoms with Gasteiger partial charge in [0.1, 0.15) is 0 Å². The van der Waals surface area contributed by atoms with E-state index in [1.807, 2.05) is 6.07 Å². The van der Waals surface area contributed by atoms with Crippen molar-refractivity contribution in [3.8, 4) is 0 Å². The van der Waals surface area contributed by atoms with Crippen LogP contribution >= 0.6 is 11.6 Å². The van der Waals surface area contributed by atoms with Crippen LogP contribution in [0.1, 0.15) is 44.7 Å². The molecule has 0 saturated heterocycles. The molecule has 1 aromatic heterocycles. The summed E-state index contributed by atoms with van der Waals surface area (Å²) >= 11 is 6.15. The van der Waals surface area contributed by atoms with Gasteiger partial charge in [0.05, 0.1) is 0 Å². The maximum atomic E-state index is 6.15. The third-order valence-electron chi connectivity index (χ3n) is 4.12. The van der Waals surface area contributed by atoms with E-state index >= 15 is 0 Å². The molecule has 1 fully saturated rings. The molecule has 0 unspecified atom stereocenters. The Morgan fingerprint density at radius 1 is 1.37 bits per heavy atom. The van der Waals surface area contributed by atoms with Crippen molar-refractivity contribution in [2.75, 3.05) is 0 Å². The number of halogens is 1. The zero-order valence-corrected chi connectivity index (χ0v) is 12.4. The first-order chi connectivity index (χ1) is 9.15. The first kappa shape index (κ1) is 13.0. The minimum absolute atomic E-state index is 0.473. The number of hydrogen-bond donors (Lipinski definition) is 1. The van der Waals surface area contributed by atoms with Crippen LogP contribution in [-0.2, 0) is 6.54 Å². The summed E-state index contributed by atoms with van der Waals surface area (Å²) in [7, 11) is 0. The summed E-state index contributed by atoms with van der Waals surface area (Å²) in [6, 6.07) is 7.39. The quantitative estimate of drug-likeness (QED) is 0.869. The fourth-order valence-electron chi connectivity index (χ4n) is 2.73. The van der Waals surface area contributed by atoms with Crippen LogP contribution in [0.2, 0.25) is 5.02 Å². The molecule has 3 rings (SSSR count). The topological polar surface area (TPSA) is 17.0 Å². The van der Waals surface area contributed by atoms with Crippen molar-refractivity contribution in [3.63, 3.8) is 0 Å². The van der Waals surface area contributed by atoms with Gasteiger partial charge in [0.2, 0.25) is 0 Å². The van der Waals surface area contributed by atoms with Crippen LogP contribution in [0.5, 0.6) is 0 Å². The Morgan fingerprint density at radius 2 is 2.16 bits per heavy atom. The van der Waals surface area contributed by atoms with E-state index in [2.05, 4.69) is 42.1 Å². The highest BCUT2D eigenvalue weighted by molar-refractivity contribution is 6.31. The smallest absolute Gasteiger partial charge is 0.0487 e. The Bertz CT molecular complexity index is 582. The molecule has 1 saturated carbocycles. The highest BCUT2D eigenvalue weighted by Gasteiger charge is 2.17. The van der Waals surface area contributed by atoms with E-state index in [1.54, 1.807) is 0 Å². The molecule has 0 aliphatic heterocycles. The molecule has 0 bridgehead atoms. The van der Waals surface area contributed by atoms with Crippen LogP contribution in [0.3, 0.4) is 0 Å². The third kappa shape index (κ3) is 2.52. The van der Waals surface area contributed by atoms with Crippen molar-refractivity contribution in [3.05, 3.63) is 35.0 Å². The zero-order valence-electron chi connectivity index (χ0n) is 11.6. The normalized spacial score (nSPS) is 16.2. The molecule has 3 heteroatoms. The summed E-state index contributed by atoms with van der Waals surface area (Å²) in [5, 5.41) is 5.75. The van der Waals surface area contributed by atoms with Gasteiger partial charge < -0.3 is 9.88 Å². The summed E-state index contributed by atoms with van der Waals surface area (Å²) in [5.74, 6) is 0. The Hall–Kier alpha value is -0.990. The first-order valence-electron chi connectivity index (χ1n) is 7.17. The molecule has 1 aliphatic rings. The second-order valence-electron chi connectivity index (χ2n) is 5.83. The molecular weight excluding hydrogens is 256 g/mol. The summed E-state index contributed by atoms with van der Waals surface area (Å²) in [5.41, 5.74) is 2.64. The number of nitrogens with one attached hydrogen (secondary N) is 1. The maximum absolute atomic E-state index is 6.15. The number of fused-ring (bicyclic) bond motifs is 1. The van der Waals surface area contributed by atoms with Gasteiger partial charge in [-0.1, -0.05) is 18.0 Å². The number of hydrogen-bond acceptors (Lipinski definition) is 1. The molecule has 0 amide bonds. The lowest BCUT2D eigenvalue weighted by molar-refractivity contribution is 0.338. The second-order valence-corrected chi connectivity index (χ2v) is 6.26. The average Bonchev–Trinajstić information content (AvgIpc) is 2.66. The lowest BCUT2D eigenvalue weighted by Gasteiger charge is -2.26. The molecule has 102 valence electrons. The fourth-order valence-corrected chi connectivity index (χ4v) is 2.90. The highest BCUT2D eigenvalue weighted by atomic mass is 35.5. The van der Waals surface area contributed by atoms with Crippen LogP contribution in [0.25, 0.3) is 10.9 Å². The summed E-state index contributed by atoms with van der Waals surface area (Å²) < 4.78 is 2.34. The minimum Gasteiger partial charge on any atom is -0.345 e. The Kier molecular flexibility index (Phi) is 3.55. The lowest BCUT2D eigenvalue weighted by Crippen LogP contribution is -2.34. The fraction of sp³-hybridized carbons (Fsp3) is 0.500. The Balaban J connectivity index is 1.94. The molecule has 0 spiro atoms. The van der Waals surface area contributed by atoms with E-state index < -0.39 is 0 Å². The van der Waals surface area contributed by atoms with E-state index in [4.69, 9.17) is 11.6 Å². The minimum atomic E-state index is 0.473. The zero-order chi connectivity index (χ0) is 13.4. The predicted molar refractivity (Wildman–Crippen MR) is 81.8 cm³/mol. The molecule has 1 N–H and O–H groups in total. The van der Waals surface area contributed by atoms with Crippen LogP contribution in [0.4, 0.5) is 0 Å². The number of rotatable bonds is 4. The van der Waals surface area contributed by atoms with E-state index in [9.17, 15) is 0 Å². The molecule has 0 radical (unpaired) electrons. The van der Waals surface area contributed by atoms with Crippen LogP contribution in [0, 0.1) is 0 Å². The number of benzene rings is 1. The van der Waals surface area contributed by atoms with Gasteiger partial charge in [0, 0.05) is 40.8 Å². The van der Waals surface area contributed by atoms with Crippen molar-refractivity contribution in [1.29, 1.82) is 0 Å². The monoisotopic (exact) mass is 276 g/mol. The molecule has 0 atom stereocenters. The summed E-state index contributed by atoms with van der Waals surface area (Å²) in [6.45, 7) is 5.38. The third-order valence-corrected chi connectivity index (χ3v) is 4.36. The molecule has 19 heavy (non-hydrogen) atoms. The van der Waals surface area contributed by atoms with E-state index in [1.165, 1.54) is 35.7 Å². The summed E-state index contributed by atoms with van der Waals surface area (Å²) in [4.78, 5) is 0. The van der Waals surface area contributed by atoms with Crippen molar-refractivity contribution in [1.82, 2.24) is 9.88 Å². The highest BCUT2D eigenvalue weighted by Crippen LogP contribution is 2.28. The SMILES string of the molecule is CC(C)n1cc(CNC2CCC2)c2cc(Cl)ccc21. The number of aromatic nitrogens is 1. The van der Waals surface area contributed by atoms with Crippen molar-refractivity contribution in [2.45, 2.75) is 51.7 Å². The molecule has 2 nitrogen and oxygen atoms in total. The Morgan fingerprint density at radius 3 is 2.79 bits per heavy atom. The largest absolute Gasteiger partial charge is 0.345 e. The molecule has 2 aromatic rings. The van der Waals surface area contributed by atoms with E-state index in [0.717, 1.165) is 17.6 Å². The van der Waals surface area contributed by atoms with Crippen molar-refractivity contribution < 1.29 is 0 Å². The second kappa shape index (κ2) is 5.18. The van der Waals surface area contributed by atoms with Gasteiger partial charge >= 0.3 is 0 Å². The number of nitrogens with zero attached hydrogens (tertiary/aromatic N) is 1. The Labute approximate surface area is 119 Å². The van der Waals surface area contributed by atoms with Gasteiger partial charge in [0.15, 0.2) is 0 Å². The lowest BCUT2D eigenvalue weighted by atomic mass is 9.93. The van der Waals surface area contributed by atoms with Gasteiger partial charge in [-0.3, -0.25) is 0 Å². The first-order valence-corrected chi connectivity index (χ1v) is 7.55. The average molecular weight is 277 g/mol. The van der Waals surface area contributed by atoms with Crippen LogP contribution in [-0.4, -0.2) is 10.6 Å². The van der Waals surface area contributed by atoms with Crippen LogP contribution < -0.4 is 5.32 Å². The molecular formula is C16H21ClN2. The molecule has 1 aromatic carbocycles. The standard InChI is InChI=1S/C16H21ClN2/c1-11(2)19-10-12(9-18-14-4-3-5-14)15-8-13(17)6-7-16(15)19/h6-8,10-11,14,18H,3-5,9H2,1-2H3. The summed E-state index contributed by atoms with van der Waals surface area (Å²) in [6.07, 6.45) is 6.29. The molecule has 1 heterocycles. The van der Waals surface area contributed by atoms with Gasteiger partial charge in [-0.05, 0) is 50.5 Å². The van der Waals surface area contributed by atoms with Crippen molar-refractivity contribution in [2.24, 2.45) is 0 Å². The van der Waals surface area contributed by atoms with Gasteiger partial charge in [-0.25, -0.2) is 0 Å². The maximum Gasteiger partial charge on any atom is 0.0487 e. The van der Waals surface area contributed by atoms with Gasteiger partial charge in [0.25, 0.3) is 0 Å². The van der Waals surface area contributed by atoms with Crippen molar-refractivity contribution >= 4 is 22.5 Å². The van der Waals surface area contributed by atoms with Gasteiger partial charge in [-0.15, -0.1) is 0 Å². The predicted octanol–water partition coefficient (Wildman–Crippen LogP) is 4.52. The van der Waals surface area contributed by atoms with Crippen LogP contribution in [0.15, 0.2) is 24.4 Å². The van der Waals surface area contributed by atoms with E-state index in [0.29, 0.717) is 6.04 Å².